The number of anilines is 1. The highest BCUT2D eigenvalue weighted by molar-refractivity contribution is 7.15. The Morgan fingerprint density at radius 1 is 1.00 bits per heavy atom. The first-order chi connectivity index (χ1) is 13.6. The third-order valence-electron chi connectivity index (χ3n) is 4.18. The molecular formula is C20H15N3O4S. The van der Waals surface area contributed by atoms with Crippen LogP contribution in [0.5, 0.6) is 5.75 Å². The summed E-state index contributed by atoms with van der Waals surface area (Å²) in [5.74, 6) is -0.132. The highest BCUT2D eigenvalue weighted by Crippen LogP contribution is 2.24. The van der Waals surface area contributed by atoms with Gasteiger partial charge in [-0.3, -0.25) is 19.8 Å². The van der Waals surface area contributed by atoms with Crippen LogP contribution >= 0.6 is 11.3 Å². The Morgan fingerprint density at radius 3 is 2.32 bits per heavy atom. The summed E-state index contributed by atoms with van der Waals surface area (Å²) in [6.45, 7) is 0.252. The van der Waals surface area contributed by atoms with Gasteiger partial charge in [0, 0.05) is 24.0 Å². The molecule has 3 amide bonds. The number of fused-ring (bicyclic) bond motifs is 1. The molecule has 0 saturated carbocycles. The van der Waals surface area contributed by atoms with Crippen LogP contribution in [0.2, 0.25) is 0 Å². The van der Waals surface area contributed by atoms with E-state index in [1.54, 1.807) is 54.7 Å². The standard InChI is InChI=1S/C20H15N3O4S/c24-17-15-8-4-5-9-16(15)18(25)23(17)11-10-14-12-21-19(28-14)22-20(26)27-13-6-2-1-3-7-13/h1-9,12H,10-11H2,(H,21,22,26). The fourth-order valence-electron chi connectivity index (χ4n) is 2.85. The number of nitrogens with one attached hydrogen (secondary N) is 1. The Labute approximate surface area is 164 Å². The molecule has 0 unspecified atom stereocenters. The number of rotatable bonds is 5. The topological polar surface area (TPSA) is 88.6 Å². The first kappa shape index (κ1) is 17.9. The van der Waals surface area contributed by atoms with Crippen molar-refractivity contribution >= 4 is 34.4 Å². The van der Waals surface area contributed by atoms with Gasteiger partial charge in [0.1, 0.15) is 5.75 Å². The number of aromatic nitrogens is 1. The molecule has 0 radical (unpaired) electrons. The minimum atomic E-state index is -0.632. The summed E-state index contributed by atoms with van der Waals surface area (Å²) in [7, 11) is 0. The molecule has 4 rings (SSSR count). The quantitative estimate of drug-likeness (QED) is 0.669. The maximum Gasteiger partial charge on any atom is 0.418 e. The van der Waals surface area contributed by atoms with Crippen molar-refractivity contribution in [3.8, 4) is 5.75 Å². The van der Waals surface area contributed by atoms with E-state index in [0.29, 0.717) is 28.4 Å². The summed E-state index contributed by atoms with van der Waals surface area (Å²) < 4.78 is 5.15. The van der Waals surface area contributed by atoms with Gasteiger partial charge >= 0.3 is 6.09 Å². The number of imide groups is 1. The average Bonchev–Trinajstić information content (AvgIpc) is 3.24. The fourth-order valence-corrected chi connectivity index (χ4v) is 3.64. The second-order valence-corrected chi connectivity index (χ2v) is 7.13. The highest BCUT2D eigenvalue weighted by atomic mass is 32.1. The van der Waals surface area contributed by atoms with E-state index in [-0.39, 0.29) is 18.4 Å². The van der Waals surface area contributed by atoms with Gasteiger partial charge in [0.05, 0.1) is 11.1 Å². The number of amides is 3. The van der Waals surface area contributed by atoms with E-state index >= 15 is 0 Å². The van der Waals surface area contributed by atoms with Gasteiger partial charge < -0.3 is 4.74 Å². The predicted octanol–water partition coefficient (Wildman–Crippen LogP) is 3.59. The van der Waals surface area contributed by atoms with Crippen molar-refractivity contribution in [2.45, 2.75) is 6.42 Å². The highest BCUT2D eigenvalue weighted by Gasteiger charge is 2.34. The van der Waals surface area contributed by atoms with E-state index in [1.165, 1.54) is 16.2 Å². The number of carbonyl (C=O) groups excluding carboxylic acids is 3. The molecule has 1 N–H and O–H groups in total. The molecule has 0 spiro atoms. The summed E-state index contributed by atoms with van der Waals surface area (Å²) in [5, 5.41) is 2.96. The molecule has 1 aliphatic heterocycles. The van der Waals surface area contributed by atoms with Crippen LogP contribution in [0.3, 0.4) is 0 Å². The molecule has 8 heteroatoms. The maximum absolute atomic E-state index is 12.4. The van der Waals surface area contributed by atoms with Crippen molar-refractivity contribution in [2.75, 3.05) is 11.9 Å². The van der Waals surface area contributed by atoms with Crippen LogP contribution in [0.25, 0.3) is 0 Å². The lowest BCUT2D eigenvalue weighted by atomic mass is 10.1. The second-order valence-electron chi connectivity index (χ2n) is 6.02. The van der Waals surface area contributed by atoms with E-state index in [4.69, 9.17) is 4.74 Å². The number of carbonyl (C=O) groups is 3. The lowest BCUT2D eigenvalue weighted by molar-refractivity contribution is 0.0656. The largest absolute Gasteiger partial charge is 0.418 e. The molecule has 0 aliphatic carbocycles. The monoisotopic (exact) mass is 393 g/mol. The van der Waals surface area contributed by atoms with Gasteiger partial charge in [-0.1, -0.05) is 30.3 Å². The zero-order chi connectivity index (χ0) is 19.5. The lowest BCUT2D eigenvalue weighted by Gasteiger charge is -2.12. The van der Waals surface area contributed by atoms with Crippen LogP contribution in [0, 0.1) is 0 Å². The normalized spacial score (nSPS) is 12.8. The van der Waals surface area contributed by atoms with E-state index < -0.39 is 6.09 Å². The fraction of sp³-hybridized carbons (Fsp3) is 0.100. The van der Waals surface area contributed by atoms with Crippen LogP contribution in [0.1, 0.15) is 25.6 Å². The van der Waals surface area contributed by atoms with Crippen LogP contribution in [0.4, 0.5) is 9.93 Å². The average molecular weight is 393 g/mol. The number of thiazole rings is 1. The van der Waals surface area contributed by atoms with E-state index in [1.807, 2.05) is 6.07 Å². The molecule has 0 saturated heterocycles. The number of benzene rings is 2. The Balaban J connectivity index is 1.34. The number of hydrogen-bond donors (Lipinski definition) is 1. The molecule has 7 nitrogen and oxygen atoms in total. The summed E-state index contributed by atoms with van der Waals surface area (Å²) in [6, 6.07) is 15.5. The van der Waals surface area contributed by atoms with Crippen LogP contribution in [0.15, 0.2) is 60.8 Å². The zero-order valence-electron chi connectivity index (χ0n) is 14.6. The number of hydrogen-bond acceptors (Lipinski definition) is 6. The van der Waals surface area contributed by atoms with Gasteiger partial charge in [-0.05, 0) is 24.3 Å². The van der Waals surface area contributed by atoms with Crippen molar-refractivity contribution in [3.63, 3.8) is 0 Å². The summed E-state index contributed by atoms with van der Waals surface area (Å²) >= 11 is 1.27. The third-order valence-corrected chi connectivity index (χ3v) is 5.15. The van der Waals surface area contributed by atoms with E-state index in [9.17, 15) is 14.4 Å². The van der Waals surface area contributed by atoms with Gasteiger partial charge in [-0.25, -0.2) is 9.78 Å². The molecule has 28 heavy (non-hydrogen) atoms. The van der Waals surface area contributed by atoms with E-state index in [0.717, 1.165) is 4.88 Å². The molecular weight excluding hydrogens is 378 g/mol. The Morgan fingerprint density at radius 2 is 1.64 bits per heavy atom. The molecule has 1 aromatic heterocycles. The second kappa shape index (κ2) is 7.61. The Bertz CT molecular complexity index is 1010. The summed E-state index contributed by atoms with van der Waals surface area (Å²) in [4.78, 5) is 42.9. The lowest BCUT2D eigenvalue weighted by Crippen LogP contribution is -2.31. The van der Waals surface area contributed by atoms with Gasteiger partial charge in [0.15, 0.2) is 5.13 Å². The van der Waals surface area contributed by atoms with Crippen LogP contribution < -0.4 is 10.1 Å². The van der Waals surface area contributed by atoms with Gasteiger partial charge in [0.2, 0.25) is 0 Å². The minimum absolute atomic E-state index is 0.252. The van der Waals surface area contributed by atoms with Crippen molar-refractivity contribution in [3.05, 3.63) is 76.8 Å². The molecule has 0 atom stereocenters. The number of para-hydroxylation sites is 1. The predicted molar refractivity (Wildman–Crippen MR) is 104 cm³/mol. The molecule has 0 bridgehead atoms. The van der Waals surface area contributed by atoms with E-state index in [2.05, 4.69) is 10.3 Å². The third kappa shape index (κ3) is 3.63. The first-order valence-corrected chi connectivity index (χ1v) is 9.37. The minimum Gasteiger partial charge on any atom is -0.410 e. The molecule has 1 aliphatic rings. The molecule has 2 heterocycles. The van der Waals surface area contributed by atoms with Crippen molar-refractivity contribution in [2.24, 2.45) is 0 Å². The maximum atomic E-state index is 12.4. The summed E-state index contributed by atoms with van der Waals surface area (Å²) in [5.41, 5.74) is 0.866. The van der Waals surface area contributed by atoms with Crippen molar-refractivity contribution in [1.29, 1.82) is 0 Å². The zero-order valence-corrected chi connectivity index (χ0v) is 15.4. The summed E-state index contributed by atoms with van der Waals surface area (Å²) in [6.07, 6.45) is 1.44. The van der Waals surface area contributed by atoms with Crippen molar-refractivity contribution in [1.82, 2.24) is 9.88 Å². The molecule has 3 aromatic rings. The van der Waals surface area contributed by atoms with Crippen LogP contribution in [-0.4, -0.2) is 34.3 Å². The van der Waals surface area contributed by atoms with Crippen LogP contribution in [-0.2, 0) is 6.42 Å². The van der Waals surface area contributed by atoms with Gasteiger partial charge in [0.25, 0.3) is 11.8 Å². The molecule has 2 aromatic carbocycles. The number of nitrogens with zero attached hydrogens (tertiary/aromatic N) is 2. The smallest absolute Gasteiger partial charge is 0.410 e. The van der Waals surface area contributed by atoms with Gasteiger partial charge in [-0.15, -0.1) is 11.3 Å². The van der Waals surface area contributed by atoms with Crippen molar-refractivity contribution < 1.29 is 19.1 Å². The first-order valence-electron chi connectivity index (χ1n) is 8.55. The van der Waals surface area contributed by atoms with Gasteiger partial charge in [-0.2, -0.15) is 0 Å². The molecule has 0 fully saturated rings. The Kier molecular flexibility index (Phi) is 4.86. The molecule has 140 valence electrons. The Hall–Kier alpha value is -3.52. The number of ether oxygens (including phenoxy) is 1. The SMILES string of the molecule is O=C(Nc1ncc(CCN2C(=O)c3ccccc3C2=O)s1)Oc1ccccc1.